The molecule has 0 atom stereocenters. The topological polar surface area (TPSA) is 25.8 Å². The van der Waals surface area contributed by atoms with Gasteiger partial charge < -0.3 is 4.98 Å². The number of hydrogen-bond donors (Lipinski definition) is 0. The number of para-hydroxylation sites is 1. The van der Waals surface area contributed by atoms with Crippen molar-refractivity contribution in [3.63, 3.8) is 0 Å². The van der Waals surface area contributed by atoms with Crippen LogP contribution in [0, 0.1) is 12.1 Å². The Labute approximate surface area is 288 Å². The van der Waals surface area contributed by atoms with Crippen molar-refractivity contribution in [1.29, 1.82) is 0 Å². The molecule has 0 aliphatic carbocycles. The Morgan fingerprint density at radius 3 is 2.24 bits per heavy atom. The summed E-state index contributed by atoms with van der Waals surface area (Å²) in [6.45, 7) is 4.53. The van der Waals surface area contributed by atoms with Gasteiger partial charge in [0.25, 0.3) is 0 Å². The van der Waals surface area contributed by atoms with Crippen LogP contribution in [-0.4, -0.2) is 9.97 Å². The zero-order valence-corrected chi connectivity index (χ0v) is 27.8. The fourth-order valence-electron chi connectivity index (χ4n) is 5.35. The van der Waals surface area contributed by atoms with Crippen molar-refractivity contribution in [3.05, 3.63) is 157 Å². The second-order valence-electron chi connectivity index (χ2n) is 10.6. The van der Waals surface area contributed by atoms with Crippen molar-refractivity contribution in [1.82, 2.24) is 9.97 Å². The zero-order valence-electron chi connectivity index (χ0n) is 29.6. The van der Waals surface area contributed by atoms with Gasteiger partial charge in [0.05, 0.1) is 12.4 Å². The molecule has 8 aromatic rings. The molecule has 2 nitrogen and oxygen atoms in total. The second kappa shape index (κ2) is 13.7. The van der Waals surface area contributed by atoms with E-state index in [2.05, 4.69) is 85.6 Å². The van der Waals surface area contributed by atoms with Crippen molar-refractivity contribution in [3.8, 4) is 33.6 Å². The molecule has 3 aromatic heterocycles. The van der Waals surface area contributed by atoms with Gasteiger partial charge in [0, 0.05) is 41.1 Å². The number of thiophene rings is 1. The standard InChI is InChI=1S/C24H18NS.C17H12N.Ir/c1-15(2)17-12-8-13-19-21-22(16-9-4-3-5-10-16)25-20-14-7-6-11-18(20)24(21)26-23(17)19;1-2-6-14(7-3-1)15-9-11-16(12-10-15)17-8-4-5-13-18-17;/h3-9,11-15H,1-2H3;1-11,13H;/q2*-1;/i;1D,2D,3D,6D,7D;. The minimum atomic E-state index is -0.391. The molecule has 0 saturated carbocycles. The van der Waals surface area contributed by atoms with Crippen LogP contribution in [0.2, 0.25) is 0 Å². The molecule has 0 amide bonds. The summed E-state index contributed by atoms with van der Waals surface area (Å²) in [5, 5.41) is 3.80. The van der Waals surface area contributed by atoms with Crippen LogP contribution in [0.4, 0.5) is 0 Å². The molecule has 0 bridgehead atoms. The first-order valence-corrected chi connectivity index (χ1v) is 15.3. The van der Waals surface area contributed by atoms with E-state index in [0.29, 0.717) is 11.5 Å². The van der Waals surface area contributed by atoms with E-state index in [9.17, 15) is 0 Å². The largest absolute Gasteiger partial charge is 0.305 e. The van der Waals surface area contributed by atoms with Crippen molar-refractivity contribution in [2.24, 2.45) is 0 Å². The van der Waals surface area contributed by atoms with Crippen molar-refractivity contribution in [2.45, 2.75) is 19.8 Å². The van der Waals surface area contributed by atoms with Crippen LogP contribution in [-0.2, 0) is 20.1 Å². The Hall–Kier alpha value is -4.47. The summed E-state index contributed by atoms with van der Waals surface area (Å²) in [6, 6.07) is 38.9. The Kier molecular flexibility index (Phi) is 7.53. The zero-order chi connectivity index (χ0) is 34.2. The number of rotatable bonds is 4. The minimum absolute atomic E-state index is 0. The van der Waals surface area contributed by atoms with E-state index in [1.165, 1.54) is 31.1 Å². The van der Waals surface area contributed by atoms with E-state index >= 15 is 0 Å². The molecule has 4 heteroatoms. The summed E-state index contributed by atoms with van der Waals surface area (Å²) in [4.78, 5) is 9.28. The third-order valence-electron chi connectivity index (χ3n) is 7.49. The molecule has 8 rings (SSSR count). The number of aromatic nitrogens is 2. The predicted molar refractivity (Wildman–Crippen MR) is 187 cm³/mol. The van der Waals surface area contributed by atoms with Crippen LogP contribution in [0.5, 0.6) is 0 Å². The Morgan fingerprint density at radius 1 is 0.711 bits per heavy atom. The van der Waals surface area contributed by atoms with Gasteiger partial charge >= 0.3 is 0 Å². The quantitative estimate of drug-likeness (QED) is 0.166. The van der Waals surface area contributed by atoms with E-state index in [4.69, 9.17) is 11.8 Å². The summed E-state index contributed by atoms with van der Waals surface area (Å²) in [6.07, 6.45) is 1.69. The number of fused-ring (bicyclic) bond motifs is 5. The van der Waals surface area contributed by atoms with Crippen LogP contribution >= 0.6 is 11.3 Å². The molecule has 0 fully saturated rings. The molecule has 0 aliphatic heterocycles. The van der Waals surface area contributed by atoms with E-state index in [0.717, 1.165) is 28.0 Å². The second-order valence-corrected chi connectivity index (χ2v) is 11.7. The van der Waals surface area contributed by atoms with Crippen molar-refractivity contribution >= 4 is 42.4 Å². The molecule has 221 valence electrons. The molecule has 0 N–H and O–H groups in total. The van der Waals surface area contributed by atoms with Gasteiger partial charge in [-0.3, -0.25) is 4.98 Å². The Morgan fingerprint density at radius 2 is 1.51 bits per heavy atom. The number of pyridine rings is 2. The summed E-state index contributed by atoms with van der Waals surface area (Å²) >= 11 is 1.90. The normalized spacial score (nSPS) is 12.5. The van der Waals surface area contributed by atoms with E-state index in [1.807, 2.05) is 41.7 Å². The summed E-state index contributed by atoms with van der Waals surface area (Å²) in [7, 11) is 0. The van der Waals surface area contributed by atoms with Gasteiger partial charge in [0.1, 0.15) is 0 Å². The molecule has 0 saturated heterocycles. The fraction of sp³-hybridized carbons (Fsp3) is 0.0732. The first-order chi connectivity index (χ1) is 23.7. The number of nitrogens with zero attached hydrogens (tertiary/aromatic N) is 2. The Bertz CT molecular complexity index is 2440. The molecule has 0 unspecified atom stereocenters. The summed E-state index contributed by atoms with van der Waals surface area (Å²) in [5.41, 5.74) is 6.80. The van der Waals surface area contributed by atoms with Crippen molar-refractivity contribution in [2.75, 3.05) is 0 Å². The molecule has 5 aromatic carbocycles. The third kappa shape index (κ3) is 6.23. The van der Waals surface area contributed by atoms with Gasteiger partial charge in [0.2, 0.25) is 0 Å². The minimum Gasteiger partial charge on any atom is -0.305 e. The molecule has 3 heterocycles. The SMILES string of the molecule is CC(C)c1cccc2c1sc1c3ccccc3nc(-c3[c-]cccc3)c21.[2H]c1c([2H])c([2H])c(-c2c[c-]c(-c3ccccn3)cc2)c([2H])c1[2H].[Ir]. The molecular weight excluding hydrogens is 745 g/mol. The Balaban J connectivity index is 0.000000171. The molecule has 0 aliphatic rings. The summed E-state index contributed by atoms with van der Waals surface area (Å²) in [5.74, 6) is 0.498. The molecular formula is C41H30IrN2S-2. The first kappa shape index (κ1) is 24.8. The van der Waals surface area contributed by atoms with E-state index in [1.54, 1.807) is 24.4 Å². The maximum Gasteiger partial charge on any atom is 0.0623 e. The smallest absolute Gasteiger partial charge is 0.0623 e. The molecule has 1 radical (unpaired) electrons. The maximum atomic E-state index is 7.99. The number of benzene rings is 5. The van der Waals surface area contributed by atoms with Crippen molar-refractivity contribution < 1.29 is 27.0 Å². The first-order valence-electron chi connectivity index (χ1n) is 17.0. The maximum absolute atomic E-state index is 7.99. The van der Waals surface area contributed by atoms with Crippen LogP contribution in [0.25, 0.3) is 64.7 Å². The fourth-order valence-corrected chi connectivity index (χ4v) is 6.85. The molecule has 0 spiro atoms. The van der Waals surface area contributed by atoms with Crippen LogP contribution in [0.3, 0.4) is 0 Å². The monoisotopic (exact) mass is 780 g/mol. The average Bonchev–Trinajstić information content (AvgIpc) is 3.54. The van der Waals surface area contributed by atoms with Gasteiger partial charge in [-0.05, 0) is 45.8 Å². The summed E-state index contributed by atoms with van der Waals surface area (Å²) < 4.78 is 41.8. The third-order valence-corrected chi connectivity index (χ3v) is 8.78. The average molecular weight is 780 g/mol. The van der Waals surface area contributed by atoms with Gasteiger partial charge in [-0.2, -0.15) is 0 Å². The van der Waals surface area contributed by atoms with E-state index in [-0.39, 0.29) is 49.8 Å². The van der Waals surface area contributed by atoms with Crippen LogP contribution in [0.15, 0.2) is 140 Å². The van der Waals surface area contributed by atoms with Crippen LogP contribution in [0.1, 0.15) is 32.2 Å². The predicted octanol–water partition coefficient (Wildman–Crippen LogP) is 11.4. The van der Waals surface area contributed by atoms with Gasteiger partial charge in [0.15, 0.2) is 0 Å². The van der Waals surface area contributed by atoms with Crippen LogP contribution < -0.4 is 0 Å². The molecule has 45 heavy (non-hydrogen) atoms. The van der Waals surface area contributed by atoms with Gasteiger partial charge in [-0.25, -0.2) is 0 Å². The number of hydrogen-bond acceptors (Lipinski definition) is 3. The van der Waals surface area contributed by atoms with E-state index < -0.39 is 6.04 Å². The van der Waals surface area contributed by atoms with Gasteiger partial charge in [-0.15, -0.1) is 77.1 Å². The van der Waals surface area contributed by atoms with Gasteiger partial charge in [-0.1, -0.05) is 104 Å².